The summed E-state index contributed by atoms with van der Waals surface area (Å²) in [7, 11) is 0. The van der Waals surface area contributed by atoms with E-state index in [4.69, 9.17) is 0 Å². The minimum absolute atomic E-state index is 0.0683. The lowest BCUT2D eigenvalue weighted by atomic mass is 9.82. The van der Waals surface area contributed by atoms with E-state index in [0.717, 1.165) is 6.20 Å². The zero-order valence-electron chi connectivity index (χ0n) is 9.95. The zero-order valence-corrected chi connectivity index (χ0v) is 9.95. The molecule has 0 bridgehead atoms. The van der Waals surface area contributed by atoms with Crippen LogP contribution in [0.2, 0.25) is 0 Å². The number of pyridine rings is 1. The highest BCUT2D eigenvalue weighted by Crippen LogP contribution is 2.40. The van der Waals surface area contributed by atoms with E-state index in [2.05, 4.69) is 4.98 Å². The van der Waals surface area contributed by atoms with E-state index in [1.807, 2.05) is 0 Å². The van der Waals surface area contributed by atoms with Crippen LogP contribution < -0.4 is 0 Å². The van der Waals surface area contributed by atoms with Crippen molar-refractivity contribution < 1.29 is 18.3 Å². The quantitative estimate of drug-likeness (QED) is 0.901. The Morgan fingerprint density at radius 2 is 2.22 bits per heavy atom. The molecule has 1 fully saturated rings. The van der Waals surface area contributed by atoms with Gasteiger partial charge in [0, 0.05) is 24.6 Å². The molecule has 0 spiro atoms. The second kappa shape index (κ2) is 5.26. The fourth-order valence-corrected chi connectivity index (χ4v) is 2.54. The van der Waals surface area contributed by atoms with Crippen LogP contribution in [0.15, 0.2) is 18.5 Å². The van der Waals surface area contributed by atoms with Gasteiger partial charge in [-0.15, -0.1) is 0 Å². The number of aliphatic hydroxyl groups is 1. The zero-order chi connectivity index (χ0) is 13.2. The van der Waals surface area contributed by atoms with Crippen LogP contribution in [0.3, 0.4) is 0 Å². The summed E-state index contributed by atoms with van der Waals surface area (Å²) >= 11 is 0. The van der Waals surface area contributed by atoms with Gasteiger partial charge >= 0.3 is 0 Å². The van der Waals surface area contributed by atoms with Crippen molar-refractivity contribution in [2.75, 3.05) is 0 Å². The molecule has 0 amide bonds. The molecule has 1 heterocycles. The van der Waals surface area contributed by atoms with Crippen molar-refractivity contribution >= 4 is 0 Å². The first-order valence-electron chi connectivity index (χ1n) is 6.13. The summed E-state index contributed by atoms with van der Waals surface area (Å²) < 4.78 is 39.4. The first-order valence-corrected chi connectivity index (χ1v) is 6.13. The number of halogens is 3. The largest absolute Gasteiger partial charge is 0.388 e. The van der Waals surface area contributed by atoms with E-state index >= 15 is 0 Å². The predicted octanol–water partition coefficient (Wildman–Crippen LogP) is 3.47. The molecule has 2 unspecified atom stereocenters. The Morgan fingerprint density at radius 3 is 2.89 bits per heavy atom. The Balaban J connectivity index is 1.97. The van der Waals surface area contributed by atoms with Crippen LogP contribution in [0.5, 0.6) is 0 Å². The van der Waals surface area contributed by atoms with Crippen molar-refractivity contribution in [1.29, 1.82) is 0 Å². The SMILES string of the molecule is OC(CC1CCCC(F)(F)C1)c1cncc(F)c1. The summed E-state index contributed by atoms with van der Waals surface area (Å²) in [4.78, 5) is 3.64. The fraction of sp³-hybridized carbons (Fsp3) is 0.615. The van der Waals surface area contributed by atoms with Crippen molar-refractivity contribution in [2.24, 2.45) is 5.92 Å². The summed E-state index contributed by atoms with van der Waals surface area (Å²) in [5.41, 5.74) is 0.351. The standard InChI is InChI=1S/C13H16F3NO/c14-11-5-10(7-17-8-11)12(18)4-9-2-1-3-13(15,16)6-9/h5,7-9,12,18H,1-4,6H2. The number of aromatic nitrogens is 1. The maximum absolute atomic E-state index is 13.2. The second-order valence-electron chi connectivity index (χ2n) is 5.01. The van der Waals surface area contributed by atoms with Crippen molar-refractivity contribution in [3.63, 3.8) is 0 Å². The molecule has 1 aliphatic rings. The Labute approximate surface area is 104 Å². The van der Waals surface area contributed by atoms with Crippen LogP contribution in [0.4, 0.5) is 13.2 Å². The van der Waals surface area contributed by atoms with E-state index in [-0.39, 0.29) is 25.2 Å². The van der Waals surface area contributed by atoms with Crippen LogP contribution in [-0.4, -0.2) is 16.0 Å². The monoisotopic (exact) mass is 259 g/mol. The molecule has 18 heavy (non-hydrogen) atoms. The second-order valence-corrected chi connectivity index (χ2v) is 5.01. The minimum atomic E-state index is -2.62. The highest BCUT2D eigenvalue weighted by molar-refractivity contribution is 5.13. The minimum Gasteiger partial charge on any atom is -0.388 e. The number of aliphatic hydroxyl groups excluding tert-OH is 1. The van der Waals surface area contributed by atoms with Crippen LogP contribution >= 0.6 is 0 Å². The van der Waals surface area contributed by atoms with Gasteiger partial charge in [0.2, 0.25) is 5.92 Å². The van der Waals surface area contributed by atoms with Gasteiger partial charge in [-0.25, -0.2) is 13.2 Å². The number of rotatable bonds is 3. The summed E-state index contributed by atoms with van der Waals surface area (Å²) in [6.45, 7) is 0. The third-order valence-electron chi connectivity index (χ3n) is 3.41. The average molecular weight is 259 g/mol. The molecular formula is C13H16F3NO. The summed E-state index contributed by atoms with van der Waals surface area (Å²) in [6.07, 6.45) is 2.64. The average Bonchev–Trinajstić information content (AvgIpc) is 2.27. The molecule has 1 saturated carbocycles. The lowest BCUT2D eigenvalue weighted by molar-refractivity contribution is -0.0591. The van der Waals surface area contributed by atoms with Crippen molar-refractivity contribution in [3.05, 3.63) is 29.8 Å². The maximum atomic E-state index is 13.2. The summed E-state index contributed by atoms with van der Waals surface area (Å²) in [5, 5.41) is 9.92. The third-order valence-corrected chi connectivity index (χ3v) is 3.41. The van der Waals surface area contributed by atoms with Gasteiger partial charge in [0.05, 0.1) is 12.3 Å². The van der Waals surface area contributed by atoms with Crippen LogP contribution in [-0.2, 0) is 0 Å². The molecule has 2 nitrogen and oxygen atoms in total. The molecule has 2 rings (SSSR count). The molecule has 1 aromatic rings. The molecular weight excluding hydrogens is 243 g/mol. The first-order chi connectivity index (χ1) is 8.46. The molecule has 1 aliphatic carbocycles. The van der Waals surface area contributed by atoms with Crippen LogP contribution in [0.1, 0.15) is 43.8 Å². The van der Waals surface area contributed by atoms with Gasteiger partial charge in [-0.05, 0) is 31.2 Å². The summed E-state index contributed by atoms with van der Waals surface area (Å²) in [6, 6.07) is 1.19. The van der Waals surface area contributed by atoms with Gasteiger partial charge < -0.3 is 5.11 Å². The van der Waals surface area contributed by atoms with Gasteiger partial charge in [0.15, 0.2) is 0 Å². The Bertz CT molecular complexity index is 411. The molecule has 5 heteroatoms. The highest BCUT2D eigenvalue weighted by Gasteiger charge is 2.36. The van der Waals surface area contributed by atoms with Crippen molar-refractivity contribution in [1.82, 2.24) is 4.98 Å². The molecule has 0 radical (unpaired) electrons. The van der Waals surface area contributed by atoms with Crippen LogP contribution in [0.25, 0.3) is 0 Å². The molecule has 0 saturated heterocycles. The van der Waals surface area contributed by atoms with E-state index in [1.54, 1.807) is 0 Å². The number of hydrogen-bond acceptors (Lipinski definition) is 2. The number of hydrogen-bond donors (Lipinski definition) is 1. The maximum Gasteiger partial charge on any atom is 0.248 e. The Kier molecular flexibility index (Phi) is 3.90. The normalized spacial score (nSPS) is 24.8. The van der Waals surface area contributed by atoms with Gasteiger partial charge in [-0.1, -0.05) is 0 Å². The highest BCUT2D eigenvalue weighted by atomic mass is 19.3. The molecule has 2 atom stereocenters. The fourth-order valence-electron chi connectivity index (χ4n) is 2.54. The van der Waals surface area contributed by atoms with Gasteiger partial charge in [0.25, 0.3) is 0 Å². The molecule has 100 valence electrons. The third kappa shape index (κ3) is 3.45. The molecule has 0 aliphatic heterocycles. The topological polar surface area (TPSA) is 33.1 Å². The predicted molar refractivity (Wildman–Crippen MR) is 60.7 cm³/mol. The van der Waals surface area contributed by atoms with Crippen molar-refractivity contribution in [2.45, 2.75) is 44.1 Å². The smallest absolute Gasteiger partial charge is 0.248 e. The molecule has 1 aromatic heterocycles. The van der Waals surface area contributed by atoms with E-state index in [9.17, 15) is 18.3 Å². The Hall–Kier alpha value is -1.10. The van der Waals surface area contributed by atoms with E-state index in [1.165, 1.54) is 12.3 Å². The van der Waals surface area contributed by atoms with E-state index in [0.29, 0.717) is 18.4 Å². The number of nitrogens with zero attached hydrogens (tertiary/aromatic N) is 1. The van der Waals surface area contributed by atoms with Crippen LogP contribution in [0, 0.1) is 11.7 Å². The first kappa shape index (κ1) is 13.3. The lowest BCUT2D eigenvalue weighted by Gasteiger charge is -2.30. The number of alkyl halides is 2. The van der Waals surface area contributed by atoms with Gasteiger partial charge in [-0.3, -0.25) is 4.98 Å². The van der Waals surface area contributed by atoms with Gasteiger partial charge in [0.1, 0.15) is 5.82 Å². The Morgan fingerprint density at radius 1 is 1.44 bits per heavy atom. The lowest BCUT2D eigenvalue weighted by Crippen LogP contribution is -2.27. The van der Waals surface area contributed by atoms with Crippen molar-refractivity contribution in [3.8, 4) is 0 Å². The van der Waals surface area contributed by atoms with Gasteiger partial charge in [-0.2, -0.15) is 0 Å². The molecule has 1 N–H and O–H groups in total. The molecule has 0 aromatic carbocycles. The van der Waals surface area contributed by atoms with E-state index < -0.39 is 17.8 Å². The summed E-state index contributed by atoms with van der Waals surface area (Å²) in [5.74, 6) is -3.37.